The number of carbonyl (C=O) groups is 1. The summed E-state index contributed by atoms with van der Waals surface area (Å²) in [6.07, 6.45) is 4.25. The van der Waals surface area contributed by atoms with Gasteiger partial charge in [0, 0.05) is 35.4 Å². The number of nitrogens with zero attached hydrogens (tertiary/aromatic N) is 3. The Morgan fingerprint density at radius 1 is 1.36 bits per heavy atom. The number of imidazole rings is 1. The minimum absolute atomic E-state index is 0. The van der Waals surface area contributed by atoms with Crippen LogP contribution in [0.25, 0.3) is 5.73 Å². The van der Waals surface area contributed by atoms with Gasteiger partial charge in [-0.1, -0.05) is 5.90 Å². The zero-order chi connectivity index (χ0) is 17.9. The number of aromatic nitrogens is 2. The summed E-state index contributed by atoms with van der Waals surface area (Å²) in [6, 6.07) is -2.37. The molecule has 0 bridgehead atoms. The number of aromatic amines is 1. The third-order valence-corrected chi connectivity index (χ3v) is 3.20. The number of nitrogens with one attached hydrogen (secondary N) is 2. The van der Waals surface area contributed by atoms with E-state index >= 15 is 0 Å². The van der Waals surface area contributed by atoms with Crippen LogP contribution in [0.1, 0.15) is 25.0 Å². The smallest absolute Gasteiger partial charge is 0.328 e. The predicted octanol–water partition coefficient (Wildman–Crippen LogP) is -1.53. The fourth-order valence-electron chi connectivity index (χ4n) is 1.98. The third-order valence-electron chi connectivity index (χ3n) is 3.20. The molecule has 0 aliphatic carbocycles. The van der Waals surface area contributed by atoms with Crippen LogP contribution in [-0.2, 0) is 28.3 Å². The Kier molecular flexibility index (Phi) is 11.5. The van der Waals surface area contributed by atoms with Gasteiger partial charge in [0.05, 0.1) is 12.4 Å². The Morgan fingerprint density at radius 3 is 2.60 bits per heavy atom. The quantitative estimate of drug-likeness (QED) is 0.175. The van der Waals surface area contributed by atoms with Gasteiger partial charge in [-0.15, -0.1) is 6.54 Å². The molecule has 25 heavy (non-hydrogen) atoms. The molecule has 11 heteroatoms. The zero-order valence-electron chi connectivity index (χ0n) is 13.4. The summed E-state index contributed by atoms with van der Waals surface area (Å²) >= 11 is 0. The van der Waals surface area contributed by atoms with Crippen LogP contribution >= 0.6 is 0 Å². The van der Waals surface area contributed by atoms with Crippen molar-refractivity contribution in [2.75, 3.05) is 13.1 Å². The molecule has 0 aliphatic heterocycles. The van der Waals surface area contributed by atoms with E-state index in [-0.39, 0.29) is 29.9 Å². The summed E-state index contributed by atoms with van der Waals surface area (Å²) in [5, 5.41) is 32.8. The van der Waals surface area contributed by atoms with Gasteiger partial charge in [-0.3, -0.25) is 9.98 Å². The molecule has 0 unspecified atom stereocenters. The number of nitrogens with two attached hydrogens (primary N) is 1. The summed E-state index contributed by atoms with van der Waals surface area (Å²) in [7, 11) is 0. The van der Waals surface area contributed by atoms with E-state index in [1.165, 1.54) is 12.5 Å². The number of aliphatic carboxylic acids is 1. The summed E-state index contributed by atoms with van der Waals surface area (Å²) in [5.74, 6) is -2.78. The summed E-state index contributed by atoms with van der Waals surface area (Å²) < 4.78 is 0. The maximum absolute atomic E-state index is 12.3. The summed E-state index contributed by atoms with van der Waals surface area (Å²) in [4.78, 5) is 25.2. The van der Waals surface area contributed by atoms with Crippen LogP contribution in [-0.4, -0.2) is 58.0 Å². The van der Waals surface area contributed by atoms with Gasteiger partial charge in [-0.05, 0) is 31.7 Å². The van der Waals surface area contributed by atoms with E-state index < -0.39 is 36.4 Å². The topological polar surface area (TPSA) is 187 Å². The molecule has 1 radical (unpaired) electrons. The average Bonchev–Trinajstić information content (AvgIpc) is 3.06. The molecular formula is C14H21CuN6O4-3. The molecule has 1 aromatic rings. The van der Waals surface area contributed by atoms with E-state index in [4.69, 9.17) is 16.6 Å². The first-order valence-corrected chi connectivity index (χ1v) is 7.51. The Hall–Kier alpha value is -1.94. The molecule has 1 aromatic heterocycles. The first-order valence-electron chi connectivity index (χ1n) is 7.51. The van der Waals surface area contributed by atoms with Crippen LogP contribution in [0.4, 0.5) is 0 Å². The van der Waals surface area contributed by atoms with Crippen LogP contribution in [0.2, 0.25) is 0 Å². The van der Waals surface area contributed by atoms with Crippen molar-refractivity contribution in [2.24, 2.45) is 15.7 Å². The molecule has 0 saturated carbocycles. The van der Waals surface area contributed by atoms with Gasteiger partial charge >= 0.3 is 5.97 Å². The van der Waals surface area contributed by atoms with Gasteiger partial charge < -0.3 is 31.8 Å². The molecule has 5 N–H and O–H groups in total. The summed E-state index contributed by atoms with van der Waals surface area (Å²) in [5.41, 5.74) is 12.9. The molecule has 145 valence electrons. The molecule has 1 heterocycles. The molecule has 0 amide bonds. The molecule has 10 nitrogen and oxygen atoms in total. The van der Waals surface area contributed by atoms with Crippen LogP contribution in [0, 0.1) is 0 Å². The van der Waals surface area contributed by atoms with Crippen molar-refractivity contribution in [1.29, 1.82) is 0 Å². The van der Waals surface area contributed by atoms with Crippen molar-refractivity contribution in [3.05, 3.63) is 24.0 Å². The van der Waals surface area contributed by atoms with Crippen molar-refractivity contribution in [3.8, 4) is 0 Å². The van der Waals surface area contributed by atoms with Crippen molar-refractivity contribution in [3.63, 3.8) is 0 Å². The maximum atomic E-state index is 12.3. The second kappa shape index (κ2) is 12.4. The number of unbranched alkanes of at least 4 members (excludes halogenated alkanes) is 1. The van der Waals surface area contributed by atoms with Gasteiger partial charge in [-0.25, -0.2) is 9.78 Å². The van der Waals surface area contributed by atoms with Gasteiger partial charge in [0.2, 0.25) is 0 Å². The fourth-order valence-corrected chi connectivity index (χ4v) is 1.98. The van der Waals surface area contributed by atoms with Crippen molar-refractivity contribution < 1.29 is 37.2 Å². The van der Waals surface area contributed by atoms with E-state index in [9.17, 15) is 15.0 Å². The third kappa shape index (κ3) is 8.64. The molecular weight excluding hydrogens is 380 g/mol. The number of rotatable bonds is 11. The van der Waals surface area contributed by atoms with E-state index in [0.29, 0.717) is 25.1 Å². The monoisotopic (exact) mass is 400 g/mol. The summed E-state index contributed by atoms with van der Waals surface area (Å²) in [6.45, 7) is -0.165. The average molecular weight is 401 g/mol. The Bertz CT molecular complexity index is 564. The molecule has 0 saturated heterocycles. The number of hydrogen-bond acceptors (Lipinski definition) is 7. The zero-order valence-corrected chi connectivity index (χ0v) is 14.4. The Balaban J connectivity index is 0.00000576. The maximum Gasteiger partial charge on any atom is 0.328 e. The van der Waals surface area contributed by atoms with Crippen LogP contribution in [0.3, 0.4) is 0 Å². The normalized spacial score (nSPS) is 14.6. The molecule has 2 atom stereocenters. The van der Waals surface area contributed by atoms with Crippen LogP contribution in [0.5, 0.6) is 0 Å². The first kappa shape index (κ1) is 23.1. The second-order valence-electron chi connectivity index (χ2n) is 5.10. The number of hydrogen-bond donors (Lipinski definition) is 3. The van der Waals surface area contributed by atoms with E-state index in [0.717, 1.165) is 0 Å². The fraction of sp³-hybridized carbons (Fsp3) is 0.571. The number of carboxylic acid groups (broad SMARTS) is 1. The minimum atomic E-state index is -1.22. The standard InChI is InChI=1S/C14H23N6O4.Cu/c15-4-2-1-3-10(14(23)24)20-13(22)11(19-12(21)6-16)5-9-7-17-8-18-9;/h7-8,10-11,16H,1-6,15H2,(H,17,18)(H,19,21)(H,20,22)(H,23,24);/q-1;/p-2/t10-,11-;/m0./s1. The molecule has 0 fully saturated rings. The van der Waals surface area contributed by atoms with E-state index in [1.54, 1.807) is 0 Å². The largest absolute Gasteiger partial charge is 0.863 e. The first-order chi connectivity index (χ1) is 11.5. The molecule has 0 aliphatic rings. The molecule has 0 spiro atoms. The van der Waals surface area contributed by atoms with E-state index in [2.05, 4.69) is 20.0 Å². The SMILES string of the molecule is [Cu].[NH-]CC([O-])=N[C@@H](Cc1cnc[nH]1)C([O-])=N[C@@H](CCCCN)C(=O)O. The van der Waals surface area contributed by atoms with Crippen molar-refractivity contribution in [2.45, 2.75) is 37.8 Å². The second-order valence-corrected chi connectivity index (χ2v) is 5.10. The van der Waals surface area contributed by atoms with Crippen LogP contribution < -0.4 is 15.9 Å². The Labute approximate surface area is 155 Å². The molecule has 0 aromatic carbocycles. The van der Waals surface area contributed by atoms with Crippen molar-refractivity contribution in [1.82, 2.24) is 9.97 Å². The van der Waals surface area contributed by atoms with Gasteiger partial charge in [0.25, 0.3) is 0 Å². The number of H-pyrrole nitrogens is 1. The van der Waals surface area contributed by atoms with E-state index in [1.807, 2.05) is 0 Å². The van der Waals surface area contributed by atoms with Crippen molar-refractivity contribution >= 4 is 17.8 Å². The van der Waals surface area contributed by atoms with Gasteiger partial charge in [-0.2, -0.15) is 0 Å². The number of aliphatic imine (C=N–C) groups is 2. The minimum Gasteiger partial charge on any atom is -0.863 e. The van der Waals surface area contributed by atoms with Gasteiger partial charge in [0.15, 0.2) is 0 Å². The predicted molar refractivity (Wildman–Crippen MR) is 84.5 cm³/mol. The Morgan fingerprint density at radius 2 is 2.08 bits per heavy atom. The molecule has 1 rings (SSSR count). The van der Waals surface area contributed by atoms with Gasteiger partial charge in [0.1, 0.15) is 6.04 Å². The number of carboxylic acids is 1. The van der Waals surface area contributed by atoms with Crippen LogP contribution in [0.15, 0.2) is 22.5 Å².